The fourth-order valence-corrected chi connectivity index (χ4v) is 7.17. The molecule has 314 valence electrons. The molecule has 6 rings (SSSR count). The van der Waals surface area contributed by atoms with Crippen LogP contribution in [0.2, 0.25) is 0 Å². The number of anilines is 4. The summed E-state index contributed by atoms with van der Waals surface area (Å²) < 4.78 is 98.7. The summed E-state index contributed by atoms with van der Waals surface area (Å²) in [6, 6.07) is 11.5. The van der Waals surface area contributed by atoms with Crippen LogP contribution in [0.3, 0.4) is 0 Å². The van der Waals surface area contributed by atoms with Gasteiger partial charge >= 0.3 is 11.7 Å². The lowest BCUT2D eigenvalue weighted by Gasteiger charge is -2.30. The Morgan fingerprint density at radius 2 is 1.10 bits per heavy atom. The third kappa shape index (κ3) is 10.9. The Morgan fingerprint density at radius 3 is 1.47 bits per heavy atom. The van der Waals surface area contributed by atoms with Gasteiger partial charge in [0.2, 0.25) is 0 Å². The number of sulfone groups is 1. The van der Waals surface area contributed by atoms with E-state index in [4.69, 9.17) is 0 Å². The van der Waals surface area contributed by atoms with Crippen LogP contribution in [0.5, 0.6) is 0 Å². The van der Waals surface area contributed by atoms with Gasteiger partial charge in [-0.2, -0.15) is 47.1 Å². The molecular weight excluding hydrogens is 815 g/mol. The average molecular weight is 851 g/mol. The van der Waals surface area contributed by atoms with E-state index in [1.54, 1.807) is 0 Å². The molecule has 6 atom stereocenters. The molecule has 2 heterocycles. The predicted octanol–water partition coefficient (Wildman–Crippen LogP) is 5.18. The molecule has 2 aliphatic rings. The van der Waals surface area contributed by atoms with E-state index in [-0.39, 0.29) is 34.9 Å². The lowest BCUT2D eigenvalue weighted by Crippen LogP contribution is -2.44. The number of aromatic amines is 2. The number of hydrogen-bond donors (Lipinski definition) is 8. The Morgan fingerprint density at radius 1 is 0.695 bits per heavy atom. The summed E-state index contributed by atoms with van der Waals surface area (Å²) in [5.41, 5.74) is -5.36. The molecular formula is C36H36F6N10O6S. The molecule has 0 spiro atoms. The molecule has 6 unspecified atom stereocenters. The van der Waals surface area contributed by atoms with E-state index in [1.807, 2.05) is 0 Å². The maximum absolute atomic E-state index is 12.6. The zero-order valence-electron chi connectivity index (χ0n) is 30.5. The number of nitriles is 2. The number of hydrogen-bond acceptors (Lipinski definition) is 12. The number of carbonyl (C=O) groups excluding carboxylic acids is 2. The van der Waals surface area contributed by atoms with Gasteiger partial charge in [0.05, 0.1) is 59.0 Å². The summed E-state index contributed by atoms with van der Waals surface area (Å²) in [6.07, 6.45) is -0.641. The highest BCUT2D eigenvalue weighted by Crippen LogP contribution is 2.33. The van der Waals surface area contributed by atoms with E-state index in [0.29, 0.717) is 37.8 Å². The second kappa shape index (κ2) is 18.2. The van der Waals surface area contributed by atoms with Crippen LogP contribution in [-0.2, 0) is 16.0 Å². The number of aromatic nitrogens is 4. The van der Waals surface area contributed by atoms with Crippen LogP contribution in [0.1, 0.15) is 64.8 Å². The maximum Gasteiger partial charge on any atom is 0.501 e. The summed E-state index contributed by atoms with van der Waals surface area (Å²) in [6.45, 7) is 0. The number of aliphatic hydroxyl groups excluding tert-OH is 2. The van der Waals surface area contributed by atoms with Gasteiger partial charge in [0, 0.05) is 23.5 Å². The van der Waals surface area contributed by atoms with Gasteiger partial charge in [-0.1, -0.05) is 0 Å². The molecule has 2 saturated carbocycles. The van der Waals surface area contributed by atoms with Crippen LogP contribution in [0.15, 0.2) is 65.8 Å². The van der Waals surface area contributed by atoms with Gasteiger partial charge < -0.3 is 31.5 Å². The largest absolute Gasteiger partial charge is 0.501 e. The van der Waals surface area contributed by atoms with Gasteiger partial charge in [0.1, 0.15) is 22.8 Å². The predicted molar refractivity (Wildman–Crippen MR) is 195 cm³/mol. The van der Waals surface area contributed by atoms with Crippen LogP contribution >= 0.6 is 0 Å². The first-order valence-electron chi connectivity index (χ1n) is 17.8. The molecule has 0 radical (unpaired) electrons. The van der Waals surface area contributed by atoms with Crippen LogP contribution in [0.4, 0.5) is 49.4 Å². The lowest BCUT2D eigenvalue weighted by molar-refractivity contribution is -0.137. The number of amides is 2. The Kier molecular flexibility index (Phi) is 13.5. The first kappa shape index (κ1) is 43.9. The summed E-state index contributed by atoms with van der Waals surface area (Å²) >= 11 is 0. The Hall–Kier alpha value is -6.17. The van der Waals surface area contributed by atoms with E-state index >= 15 is 0 Å². The molecule has 59 heavy (non-hydrogen) atoms. The minimum Gasteiger partial charge on any atom is -0.393 e. The van der Waals surface area contributed by atoms with E-state index in [1.165, 1.54) is 24.5 Å². The van der Waals surface area contributed by atoms with Crippen LogP contribution in [-0.4, -0.2) is 80.6 Å². The molecule has 2 aliphatic carbocycles. The summed E-state index contributed by atoms with van der Waals surface area (Å²) in [7, 11) is -5.46. The molecule has 16 nitrogen and oxygen atoms in total. The minimum atomic E-state index is -5.46. The fourth-order valence-electron chi connectivity index (χ4n) is 6.41. The average Bonchev–Trinajstić information content (AvgIpc) is 3.86. The molecule has 2 aromatic carbocycles. The van der Waals surface area contributed by atoms with Crippen LogP contribution in [0.25, 0.3) is 0 Å². The Balaban J connectivity index is 0.000000225. The first-order valence-corrected chi connectivity index (χ1v) is 19.3. The van der Waals surface area contributed by atoms with E-state index in [0.717, 1.165) is 36.4 Å². The summed E-state index contributed by atoms with van der Waals surface area (Å²) in [5, 5.41) is 61.7. The number of H-pyrrole nitrogens is 2. The van der Waals surface area contributed by atoms with Gasteiger partial charge in [-0.25, -0.2) is 8.42 Å². The fraction of sp³-hybridized carbons (Fsp3) is 0.389. The van der Waals surface area contributed by atoms with Crippen molar-refractivity contribution < 1.29 is 54.6 Å². The number of rotatable bonds is 9. The van der Waals surface area contributed by atoms with Crippen molar-refractivity contribution in [1.82, 2.24) is 31.0 Å². The monoisotopic (exact) mass is 850 g/mol. The van der Waals surface area contributed by atoms with Crippen molar-refractivity contribution in [2.75, 3.05) is 10.6 Å². The van der Waals surface area contributed by atoms with Crippen molar-refractivity contribution in [2.24, 2.45) is 11.8 Å². The van der Waals surface area contributed by atoms with Crippen molar-refractivity contribution in [3.8, 4) is 12.1 Å². The highest BCUT2D eigenvalue weighted by Gasteiger charge is 2.46. The van der Waals surface area contributed by atoms with Crippen molar-refractivity contribution in [1.29, 1.82) is 10.5 Å². The number of carbonyl (C=O) groups is 2. The Bertz CT molecular complexity index is 2290. The molecule has 0 bridgehead atoms. The smallest absolute Gasteiger partial charge is 0.393 e. The standard InChI is InChI=1S/C18H18F3N5O4S.C18H18F3N5O2/c19-18(20,21)31(29,30)13-4-1-11(2-5-13)24-16-14(9-23-26-16)17(28)25-15-6-3-12(27)7-10(15)8-22;19-18(20,21)11-1-3-12(4-2-11)24-16-14(9-23-26-16)17(28)25-15-6-5-13(27)7-10(15)8-22/h1-2,4-5,9-10,12,15,27H,3,6-7H2,(H,25,28)(H2,23,24,26);1-4,9-10,13,15,27H,5-7H2,(H,25,28)(H2,23,24,26). The number of benzene rings is 2. The SMILES string of the molecule is N#CC1CC(O)CCC1NC(=O)c1cn[nH]c1Nc1ccc(C(F)(F)F)cc1.N#CC1CC(O)CCC1NC(=O)c1cn[nH]c1Nc1ccc(S(=O)(=O)C(F)(F)F)cc1. The molecule has 23 heteroatoms. The molecule has 2 aromatic heterocycles. The lowest BCUT2D eigenvalue weighted by atomic mass is 9.83. The number of alkyl halides is 6. The first-order chi connectivity index (χ1) is 27.8. The van der Waals surface area contributed by atoms with E-state index in [9.17, 15) is 65.1 Å². The normalized spacial score (nSPS) is 22.1. The van der Waals surface area contributed by atoms with Crippen molar-refractivity contribution >= 4 is 44.7 Å². The Labute approximate surface area is 331 Å². The molecule has 4 aromatic rings. The molecule has 2 fully saturated rings. The van der Waals surface area contributed by atoms with E-state index in [2.05, 4.69) is 53.8 Å². The highest BCUT2D eigenvalue weighted by atomic mass is 32.2. The second-order valence-corrected chi connectivity index (χ2v) is 15.6. The molecule has 2 amide bonds. The highest BCUT2D eigenvalue weighted by molar-refractivity contribution is 7.92. The zero-order chi connectivity index (χ0) is 43.1. The second-order valence-electron chi connectivity index (χ2n) is 13.7. The number of nitrogens with one attached hydrogen (secondary N) is 6. The van der Waals surface area contributed by atoms with Gasteiger partial charge in [0.15, 0.2) is 0 Å². The van der Waals surface area contributed by atoms with Crippen molar-refractivity contribution in [2.45, 2.75) is 79.4 Å². The van der Waals surface area contributed by atoms with Gasteiger partial charge in [-0.3, -0.25) is 19.8 Å². The third-order valence-electron chi connectivity index (χ3n) is 9.60. The maximum atomic E-state index is 12.6. The van der Waals surface area contributed by atoms with Gasteiger partial charge in [-0.05, 0) is 87.1 Å². The topological polar surface area (TPSA) is 262 Å². The minimum absolute atomic E-state index is 0.0924. The summed E-state index contributed by atoms with van der Waals surface area (Å²) in [4.78, 5) is 24.3. The van der Waals surface area contributed by atoms with Crippen LogP contribution < -0.4 is 21.3 Å². The van der Waals surface area contributed by atoms with E-state index < -0.39 is 79.9 Å². The number of halogens is 6. The summed E-state index contributed by atoms with van der Waals surface area (Å²) in [5.74, 6) is -1.68. The van der Waals surface area contributed by atoms with Gasteiger partial charge in [-0.15, -0.1) is 0 Å². The molecule has 0 saturated heterocycles. The van der Waals surface area contributed by atoms with Crippen molar-refractivity contribution in [3.63, 3.8) is 0 Å². The van der Waals surface area contributed by atoms with Crippen LogP contribution in [0, 0.1) is 34.5 Å². The number of nitrogens with zero attached hydrogens (tertiary/aromatic N) is 4. The number of aliphatic hydroxyl groups is 2. The molecule has 8 N–H and O–H groups in total. The molecule has 0 aliphatic heterocycles. The van der Waals surface area contributed by atoms with Gasteiger partial charge in [0.25, 0.3) is 21.7 Å². The van der Waals surface area contributed by atoms with Crippen molar-refractivity contribution in [3.05, 3.63) is 77.6 Å². The quantitative estimate of drug-likeness (QED) is 0.101. The third-order valence-corrected chi connectivity index (χ3v) is 11.1. The zero-order valence-corrected chi connectivity index (χ0v) is 31.3.